The van der Waals surface area contributed by atoms with Crippen LogP contribution in [-0.4, -0.2) is 95.5 Å². The quantitative estimate of drug-likeness (QED) is 0.0279. The number of morpholine rings is 2. The molecule has 0 aliphatic carbocycles. The summed E-state index contributed by atoms with van der Waals surface area (Å²) in [5.41, 5.74) is 2.51. The minimum absolute atomic E-state index is 0. The van der Waals surface area contributed by atoms with Gasteiger partial charge in [0, 0.05) is 48.9 Å². The van der Waals surface area contributed by atoms with E-state index >= 15 is 0 Å². The smallest absolute Gasteiger partial charge is 0.744 e. The van der Waals surface area contributed by atoms with E-state index in [0.29, 0.717) is 75.8 Å². The average molecular weight is 989 g/mol. The molecule has 26 heteroatoms. The standard InChI is InChI=1S/C40H40N12O8S4.2Na/c53-59-60-64(61,62)34-26-32(44-38-46-36(42-30-9-5-2-6-10-30)48-40(50-38)52-19-23-58-24-20-52)16-14-28(34)12-11-27-13-15-31(25-33(27)63(54,55)56)43-37-45-35(41-29-7-3-1-4-8-29)47-39(49-37)51-17-21-57-22-18-51;;/h1-16,25-26,53H,17-24H2,(H,54,55,56)(H2,41,43,45,47,49)(H2,42,44,46,48,50);;/q;2*+1/p-2/b12-11+;;. The Balaban J connectivity index is 0.00000360. The molecule has 4 aromatic carbocycles. The second-order valence-corrected chi connectivity index (χ2v) is 20.2. The third-order valence-electron chi connectivity index (χ3n) is 9.53. The molecule has 8 rings (SSSR count). The van der Waals surface area contributed by atoms with Gasteiger partial charge in [-0.25, -0.2) is 8.42 Å². The number of hydrogen-bond donors (Lipinski definition) is 4. The van der Waals surface area contributed by atoms with E-state index < -0.39 is 22.4 Å². The first-order chi connectivity index (χ1) is 31.0. The van der Waals surface area contributed by atoms with Gasteiger partial charge in [0.05, 0.1) is 43.6 Å². The third-order valence-corrected chi connectivity index (χ3v) is 13.0. The molecule has 2 fully saturated rings. The van der Waals surface area contributed by atoms with E-state index in [4.69, 9.17) is 36.2 Å². The summed E-state index contributed by atoms with van der Waals surface area (Å²) in [6.45, 7) is 4.23. The number of nitrogens with one attached hydrogen (secondary N) is 4. The van der Waals surface area contributed by atoms with Crippen LogP contribution in [0.1, 0.15) is 11.1 Å². The molecule has 0 radical (unpaired) electrons. The van der Waals surface area contributed by atoms with Gasteiger partial charge in [0.2, 0.25) is 35.7 Å². The fourth-order valence-corrected chi connectivity index (χ4v) is 9.05. The fraction of sp³-hybridized carbons (Fsp3) is 0.200. The zero-order valence-corrected chi connectivity index (χ0v) is 42.8. The SMILES string of the molecule is O=S(=O)([O-])c1cc(Nc2nc(Nc3ccccc3)nc(N3CCOCC3)n2)ccc1/C=C/c1ccc(Nc2nc(Nc3ccccc3)nc(N3CCOCC3)n2)cc1S(=S)(=S)OO[O-].[Na+].[Na+]. The Kier molecular flexibility index (Phi) is 18.5. The Hall–Kier alpha value is -4.06. The van der Waals surface area contributed by atoms with Gasteiger partial charge in [0.15, 0.2) is 0 Å². The molecule has 2 aliphatic rings. The summed E-state index contributed by atoms with van der Waals surface area (Å²) in [5.74, 6) is 1.57. The van der Waals surface area contributed by atoms with E-state index in [-0.39, 0.29) is 99.1 Å². The van der Waals surface area contributed by atoms with Crippen LogP contribution in [0.25, 0.3) is 12.2 Å². The second kappa shape index (κ2) is 23.8. The number of benzene rings is 4. The van der Waals surface area contributed by atoms with Crippen molar-refractivity contribution in [2.24, 2.45) is 0 Å². The Morgan fingerprint density at radius 2 is 0.939 bits per heavy atom. The Bertz CT molecular complexity index is 2850. The number of nitrogens with zero attached hydrogens (tertiary/aromatic N) is 8. The second-order valence-electron chi connectivity index (χ2n) is 13.9. The fourth-order valence-electron chi connectivity index (χ4n) is 6.51. The Morgan fingerprint density at radius 3 is 1.33 bits per heavy atom. The molecule has 66 heavy (non-hydrogen) atoms. The molecule has 0 amide bonds. The number of rotatable bonds is 16. The first-order valence-electron chi connectivity index (χ1n) is 19.5. The first-order valence-corrected chi connectivity index (χ1v) is 24.3. The molecule has 0 atom stereocenters. The van der Waals surface area contributed by atoms with Crippen LogP contribution in [0.2, 0.25) is 0 Å². The molecule has 2 aliphatic heterocycles. The molecular weight excluding hydrogens is 951 g/mol. The van der Waals surface area contributed by atoms with Gasteiger partial charge in [0.25, 0.3) is 0 Å². The molecule has 2 aromatic heterocycles. The molecule has 0 saturated carbocycles. The summed E-state index contributed by atoms with van der Waals surface area (Å²) in [6.07, 6.45) is 2.90. The largest absolute Gasteiger partial charge is 1.00 e. The van der Waals surface area contributed by atoms with Gasteiger partial charge in [-0.2, -0.15) is 34.2 Å². The van der Waals surface area contributed by atoms with Crippen molar-refractivity contribution in [1.29, 1.82) is 0 Å². The summed E-state index contributed by atoms with van der Waals surface area (Å²) in [5, 5.41) is 27.5. The predicted octanol–water partition coefficient (Wildman–Crippen LogP) is -1.64. The summed E-state index contributed by atoms with van der Waals surface area (Å²) in [6, 6.07) is 27.7. The van der Waals surface area contributed by atoms with Crippen LogP contribution in [-0.2, 0) is 58.8 Å². The van der Waals surface area contributed by atoms with Crippen molar-refractivity contribution < 1.29 is 96.2 Å². The van der Waals surface area contributed by atoms with E-state index in [1.54, 1.807) is 24.3 Å². The van der Waals surface area contributed by atoms with E-state index in [1.807, 2.05) is 70.5 Å². The van der Waals surface area contributed by atoms with E-state index in [2.05, 4.69) is 56.2 Å². The summed E-state index contributed by atoms with van der Waals surface area (Å²) in [4.78, 5) is 31.1. The molecule has 332 valence electrons. The van der Waals surface area contributed by atoms with Gasteiger partial charge < -0.3 is 50.4 Å². The van der Waals surface area contributed by atoms with Crippen molar-refractivity contribution in [1.82, 2.24) is 29.9 Å². The van der Waals surface area contributed by atoms with Crippen molar-refractivity contribution in [3.05, 3.63) is 108 Å². The molecule has 0 bridgehead atoms. The number of hydrogen-bond acceptors (Lipinski definition) is 22. The van der Waals surface area contributed by atoms with Crippen molar-refractivity contribution in [2.75, 3.05) is 83.7 Å². The van der Waals surface area contributed by atoms with Crippen LogP contribution >= 0.6 is 0 Å². The molecular formula is C40H38N12Na2O8S4. The predicted molar refractivity (Wildman–Crippen MR) is 244 cm³/mol. The van der Waals surface area contributed by atoms with Crippen LogP contribution in [0.4, 0.5) is 58.4 Å². The van der Waals surface area contributed by atoms with Crippen LogP contribution in [0, 0.1) is 0 Å². The van der Waals surface area contributed by atoms with Crippen molar-refractivity contribution in [3.8, 4) is 0 Å². The summed E-state index contributed by atoms with van der Waals surface area (Å²) >= 11 is 11.1. The van der Waals surface area contributed by atoms with Crippen molar-refractivity contribution >= 4 is 111 Å². The molecule has 4 heterocycles. The zero-order chi connectivity index (χ0) is 44.5. The number of ether oxygens (including phenoxy) is 2. The van der Waals surface area contributed by atoms with Gasteiger partial charge >= 0.3 is 59.1 Å². The van der Waals surface area contributed by atoms with Crippen LogP contribution < -0.4 is 95.4 Å². The maximum atomic E-state index is 12.7. The topological polar surface area (TPSA) is 249 Å². The number of aromatic nitrogens is 6. The minimum Gasteiger partial charge on any atom is -0.744 e. The van der Waals surface area contributed by atoms with Gasteiger partial charge in [-0.3, -0.25) is 5.04 Å². The molecule has 0 unspecified atom stereocenters. The minimum atomic E-state index is -5.05. The zero-order valence-electron chi connectivity index (χ0n) is 35.5. The van der Waals surface area contributed by atoms with Gasteiger partial charge in [-0.05, 0) is 82.0 Å². The molecule has 0 spiro atoms. The van der Waals surface area contributed by atoms with E-state index in [0.717, 1.165) is 11.4 Å². The van der Waals surface area contributed by atoms with Crippen LogP contribution in [0.15, 0.2) is 107 Å². The van der Waals surface area contributed by atoms with Gasteiger partial charge in [0.1, 0.15) is 10.1 Å². The molecule has 2 saturated heterocycles. The Labute approximate surface area is 434 Å². The van der Waals surface area contributed by atoms with Crippen molar-refractivity contribution in [2.45, 2.75) is 9.79 Å². The molecule has 20 nitrogen and oxygen atoms in total. The Morgan fingerprint density at radius 1 is 0.561 bits per heavy atom. The third kappa shape index (κ3) is 13.8. The molecule has 6 aromatic rings. The summed E-state index contributed by atoms with van der Waals surface area (Å²) in [7, 11) is -8.27. The normalized spacial score (nSPS) is 14.2. The van der Waals surface area contributed by atoms with Crippen LogP contribution in [0.5, 0.6) is 0 Å². The van der Waals surface area contributed by atoms with Gasteiger partial charge in [-0.1, -0.05) is 60.7 Å². The summed E-state index contributed by atoms with van der Waals surface area (Å²) < 4.78 is 54.1. The monoisotopic (exact) mass is 988 g/mol. The van der Waals surface area contributed by atoms with Crippen molar-refractivity contribution in [3.63, 3.8) is 0 Å². The van der Waals surface area contributed by atoms with E-state index in [1.165, 1.54) is 24.3 Å². The molecule has 4 N–H and O–H groups in total. The van der Waals surface area contributed by atoms with E-state index in [9.17, 15) is 18.2 Å². The number of anilines is 10. The van der Waals surface area contributed by atoms with Gasteiger partial charge in [-0.15, -0.1) is 0 Å². The number of para-hydroxylation sites is 2. The maximum Gasteiger partial charge on any atom is 1.00 e. The van der Waals surface area contributed by atoms with Crippen LogP contribution in [0.3, 0.4) is 0 Å². The maximum absolute atomic E-state index is 12.7. The average Bonchev–Trinajstić information content (AvgIpc) is 3.29. The first kappa shape index (κ1) is 51.3.